The van der Waals surface area contributed by atoms with Gasteiger partial charge in [-0.05, 0) is 66.5 Å². The van der Waals surface area contributed by atoms with E-state index < -0.39 is 0 Å². The molecule has 2 fully saturated rings. The number of hydrogen-bond acceptors (Lipinski definition) is 2. The molecule has 0 saturated heterocycles. The monoisotopic (exact) mass is 422 g/mol. The maximum atomic E-state index is 12.2. The smallest absolute Gasteiger partial charge is 0.338 e. The summed E-state index contributed by atoms with van der Waals surface area (Å²) in [7, 11) is 0. The highest BCUT2D eigenvalue weighted by molar-refractivity contribution is 5.89. The summed E-state index contributed by atoms with van der Waals surface area (Å²) < 4.78 is 5.41. The van der Waals surface area contributed by atoms with Crippen LogP contribution in [0.2, 0.25) is 0 Å². The molecule has 0 amide bonds. The van der Waals surface area contributed by atoms with Crippen LogP contribution in [0.4, 0.5) is 0 Å². The van der Waals surface area contributed by atoms with Crippen LogP contribution in [0.15, 0.2) is 42.0 Å². The summed E-state index contributed by atoms with van der Waals surface area (Å²) in [6, 6.07) is 7.78. The Kier molecular flexibility index (Phi) is 7.50. The average Bonchev–Trinajstić information content (AvgIpc) is 3.37. The van der Waals surface area contributed by atoms with Crippen molar-refractivity contribution in [1.29, 1.82) is 0 Å². The maximum absolute atomic E-state index is 12.2. The second-order valence-corrected chi connectivity index (χ2v) is 10.8. The lowest BCUT2D eigenvalue weighted by Gasteiger charge is -2.41. The number of carbonyl (C=O) groups excluding carboxylic acids is 1. The first kappa shape index (κ1) is 23.8. The number of fused-ring (bicyclic) bond motifs is 1. The number of esters is 1. The van der Waals surface area contributed by atoms with Gasteiger partial charge in [0.25, 0.3) is 0 Å². The highest BCUT2D eigenvalue weighted by atomic mass is 16.5. The molecule has 0 aromatic heterocycles. The normalized spacial score (nSPS) is 27.2. The van der Waals surface area contributed by atoms with E-state index in [1.165, 1.54) is 50.5 Å². The molecule has 2 unspecified atom stereocenters. The number of allylic oxidation sites excluding steroid dienone is 3. The van der Waals surface area contributed by atoms with Crippen molar-refractivity contribution >= 4 is 12.0 Å². The van der Waals surface area contributed by atoms with Gasteiger partial charge in [0.1, 0.15) is 0 Å². The summed E-state index contributed by atoms with van der Waals surface area (Å²) in [5.74, 6) is -0.214. The summed E-state index contributed by atoms with van der Waals surface area (Å²) in [6.07, 6.45) is 18.2. The molecule has 2 atom stereocenters. The number of carbonyl (C=O) groups is 1. The van der Waals surface area contributed by atoms with Crippen molar-refractivity contribution in [2.75, 3.05) is 6.61 Å². The van der Waals surface area contributed by atoms with Crippen molar-refractivity contribution in [3.05, 3.63) is 53.1 Å². The molecule has 2 aliphatic carbocycles. The molecular formula is C29H42O2. The topological polar surface area (TPSA) is 26.3 Å². The summed E-state index contributed by atoms with van der Waals surface area (Å²) in [5.41, 5.74) is 4.25. The minimum Gasteiger partial charge on any atom is -0.462 e. The van der Waals surface area contributed by atoms with Gasteiger partial charge in [-0.3, -0.25) is 0 Å². The quantitative estimate of drug-likeness (QED) is 0.215. The Labute approximate surface area is 190 Å². The summed E-state index contributed by atoms with van der Waals surface area (Å²) >= 11 is 0. The largest absolute Gasteiger partial charge is 0.462 e. The van der Waals surface area contributed by atoms with Gasteiger partial charge in [-0.15, -0.1) is 0 Å². The van der Waals surface area contributed by atoms with E-state index in [0.29, 0.717) is 28.4 Å². The molecule has 0 aliphatic heterocycles. The first-order valence-corrected chi connectivity index (χ1v) is 12.4. The first-order valence-electron chi connectivity index (χ1n) is 12.4. The van der Waals surface area contributed by atoms with Gasteiger partial charge in [0.05, 0.1) is 12.2 Å². The molecule has 0 N–H and O–H groups in total. The standard InChI is InChI=1S/C29H42O2/c1-6-7-8-9-10-20-31-26(30)25-14-12-24(13-15-25)21-23(2)16-19-29-22-28(29,5)18-11-17-27(29,3)4/h12-16,19,21H,6-11,17-18,20,22H2,1-5H3/b19-16+,23-21+. The third-order valence-electron chi connectivity index (χ3n) is 8.01. The molecule has 2 aliphatic rings. The molecule has 0 radical (unpaired) electrons. The summed E-state index contributed by atoms with van der Waals surface area (Å²) in [5, 5.41) is 0. The van der Waals surface area contributed by atoms with Gasteiger partial charge < -0.3 is 4.74 Å². The molecule has 1 aromatic rings. The van der Waals surface area contributed by atoms with E-state index in [9.17, 15) is 4.79 Å². The zero-order valence-electron chi connectivity index (χ0n) is 20.4. The van der Waals surface area contributed by atoms with Crippen LogP contribution in [-0.4, -0.2) is 12.6 Å². The van der Waals surface area contributed by atoms with E-state index >= 15 is 0 Å². The van der Waals surface area contributed by atoms with Crippen LogP contribution in [0.3, 0.4) is 0 Å². The van der Waals surface area contributed by atoms with Crippen LogP contribution in [0.1, 0.15) is 108 Å². The van der Waals surface area contributed by atoms with Crippen molar-refractivity contribution in [1.82, 2.24) is 0 Å². The van der Waals surface area contributed by atoms with Crippen molar-refractivity contribution in [2.45, 2.75) is 92.4 Å². The van der Waals surface area contributed by atoms with E-state index in [2.05, 4.69) is 52.8 Å². The average molecular weight is 423 g/mol. The molecule has 3 rings (SSSR count). The summed E-state index contributed by atoms with van der Waals surface area (Å²) in [6.45, 7) is 12.3. The lowest BCUT2D eigenvalue weighted by Crippen LogP contribution is -2.32. The zero-order chi connectivity index (χ0) is 22.5. The lowest BCUT2D eigenvalue weighted by atomic mass is 9.63. The number of unbranched alkanes of at least 4 members (excludes halogenated alkanes) is 4. The number of rotatable bonds is 10. The van der Waals surface area contributed by atoms with Crippen LogP contribution in [-0.2, 0) is 4.74 Å². The fourth-order valence-electron chi connectivity index (χ4n) is 5.82. The summed E-state index contributed by atoms with van der Waals surface area (Å²) in [4.78, 5) is 12.2. The third kappa shape index (κ3) is 5.33. The van der Waals surface area contributed by atoms with Crippen LogP contribution in [0.25, 0.3) is 6.08 Å². The van der Waals surface area contributed by atoms with E-state index in [1.54, 1.807) is 0 Å². The Morgan fingerprint density at radius 3 is 2.42 bits per heavy atom. The van der Waals surface area contributed by atoms with Gasteiger partial charge in [0.2, 0.25) is 0 Å². The molecular weight excluding hydrogens is 380 g/mol. The van der Waals surface area contributed by atoms with Gasteiger partial charge in [-0.1, -0.05) is 95.7 Å². The Hall–Kier alpha value is -1.83. The highest BCUT2D eigenvalue weighted by Crippen LogP contribution is 2.78. The number of benzene rings is 1. The van der Waals surface area contributed by atoms with Gasteiger partial charge in [0.15, 0.2) is 0 Å². The van der Waals surface area contributed by atoms with Crippen molar-refractivity contribution in [2.24, 2.45) is 16.2 Å². The molecule has 0 spiro atoms. The molecule has 2 nitrogen and oxygen atoms in total. The minimum absolute atomic E-state index is 0.214. The van der Waals surface area contributed by atoms with E-state index in [1.807, 2.05) is 24.3 Å². The van der Waals surface area contributed by atoms with E-state index in [0.717, 1.165) is 18.4 Å². The van der Waals surface area contributed by atoms with Crippen LogP contribution in [0.5, 0.6) is 0 Å². The van der Waals surface area contributed by atoms with Crippen LogP contribution >= 0.6 is 0 Å². The molecule has 170 valence electrons. The predicted octanol–water partition coefficient (Wildman–Crippen LogP) is 8.38. The van der Waals surface area contributed by atoms with Gasteiger partial charge >= 0.3 is 5.97 Å². The van der Waals surface area contributed by atoms with E-state index in [-0.39, 0.29) is 5.97 Å². The van der Waals surface area contributed by atoms with Crippen molar-refractivity contribution < 1.29 is 9.53 Å². The van der Waals surface area contributed by atoms with Gasteiger partial charge in [-0.2, -0.15) is 0 Å². The minimum atomic E-state index is -0.214. The fraction of sp³-hybridized carbons (Fsp3) is 0.621. The SMILES string of the molecule is CCCCCCCOC(=O)c1ccc(/C=C(C)/C=C/C23CC2(C)CCCC3(C)C)cc1. The molecule has 0 heterocycles. The Morgan fingerprint density at radius 1 is 1.03 bits per heavy atom. The maximum Gasteiger partial charge on any atom is 0.338 e. The molecule has 2 heteroatoms. The third-order valence-corrected chi connectivity index (χ3v) is 8.01. The Balaban J connectivity index is 1.54. The highest BCUT2D eigenvalue weighted by Gasteiger charge is 2.69. The molecule has 0 bridgehead atoms. The lowest BCUT2D eigenvalue weighted by molar-refractivity contribution is 0.0497. The number of ether oxygens (including phenoxy) is 1. The molecule has 2 saturated carbocycles. The number of hydrogen-bond donors (Lipinski definition) is 0. The predicted molar refractivity (Wildman–Crippen MR) is 131 cm³/mol. The Morgan fingerprint density at radius 2 is 1.74 bits per heavy atom. The Bertz CT molecular complexity index is 814. The molecule has 1 aromatic carbocycles. The van der Waals surface area contributed by atoms with Crippen molar-refractivity contribution in [3.63, 3.8) is 0 Å². The van der Waals surface area contributed by atoms with Gasteiger partial charge in [-0.25, -0.2) is 4.79 Å². The van der Waals surface area contributed by atoms with E-state index in [4.69, 9.17) is 4.74 Å². The second kappa shape index (κ2) is 9.76. The van der Waals surface area contributed by atoms with Crippen molar-refractivity contribution in [3.8, 4) is 0 Å². The van der Waals surface area contributed by atoms with Crippen LogP contribution < -0.4 is 0 Å². The second-order valence-electron chi connectivity index (χ2n) is 10.8. The fourth-order valence-corrected chi connectivity index (χ4v) is 5.82. The zero-order valence-corrected chi connectivity index (χ0v) is 20.4. The molecule has 31 heavy (non-hydrogen) atoms. The first-order chi connectivity index (χ1) is 14.7. The van der Waals surface area contributed by atoms with Crippen LogP contribution in [0, 0.1) is 16.2 Å². The van der Waals surface area contributed by atoms with Gasteiger partial charge in [0, 0.05) is 0 Å².